The summed E-state index contributed by atoms with van der Waals surface area (Å²) in [6.07, 6.45) is 8.60. The molecular formula is C30H36N6O. The Morgan fingerprint density at radius 2 is 1.78 bits per heavy atom. The smallest absolute Gasteiger partial charge is 0.0942 e. The van der Waals surface area contributed by atoms with Gasteiger partial charge in [-0.25, -0.2) is 0 Å². The van der Waals surface area contributed by atoms with Crippen molar-refractivity contribution in [1.82, 2.24) is 29.2 Å². The molecule has 1 aliphatic heterocycles. The summed E-state index contributed by atoms with van der Waals surface area (Å²) in [5.74, 6) is 2.24. The van der Waals surface area contributed by atoms with Crippen LogP contribution < -0.4 is 0 Å². The van der Waals surface area contributed by atoms with E-state index in [2.05, 4.69) is 70.4 Å². The number of pyridine rings is 2. The van der Waals surface area contributed by atoms with Crippen molar-refractivity contribution >= 4 is 11.0 Å². The number of nitrogens with zero attached hydrogens (tertiary/aromatic N) is 6. The van der Waals surface area contributed by atoms with Crippen LogP contribution in [0.1, 0.15) is 63.0 Å². The Morgan fingerprint density at radius 1 is 0.973 bits per heavy atom. The van der Waals surface area contributed by atoms with Crippen molar-refractivity contribution in [3.05, 3.63) is 66.4 Å². The highest BCUT2D eigenvalue weighted by atomic mass is 16.5. The summed E-state index contributed by atoms with van der Waals surface area (Å²) in [5, 5.41) is 5.13. The van der Waals surface area contributed by atoms with Gasteiger partial charge in [0.2, 0.25) is 0 Å². The van der Waals surface area contributed by atoms with Gasteiger partial charge in [0, 0.05) is 60.9 Å². The van der Waals surface area contributed by atoms with Crippen LogP contribution in [0.25, 0.3) is 22.3 Å². The van der Waals surface area contributed by atoms with Crippen LogP contribution in [0.4, 0.5) is 0 Å². The molecule has 7 rings (SSSR count). The summed E-state index contributed by atoms with van der Waals surface area (Å²) in [5.41, 5.74) is 6.70. The zero-order valence-electron chi connectivity index (χ0n) is 22.0. The molecule has 4 aromatic rings. The van der Waals surface area contributed by atoms with E-state index in [0.717, 1.165) is 72.2 Å². The fourth-order valence-corrected chi connectivity index (χ4v) is 6.98. The zero-order chi connectivity index (χ0) is 25.1. The fraction of sp³-hybridized carbons (Fsp3) is 0.500. The summed E-state index contributed by atoms with van der Waals surface area (Å²) in [6, 6.07) is 14.0. The van der Waals surface area contributed by atoms with Gasteiger partial charge in [-0.15, -0.1) is 0 Å². The van der Waals surface area contributed by atoms with Crippen molar-refractivity contribution in [2.24, 2.45) is 11.8 Å². The van der Waals surface area contributed by atoms with Gasteiger partial charge in [0.25, 0.3) is 0 Å². The van der Waals surface area contributed by atoms with Crippen molar-refractivity contribution in [3.63, 3.8) is 0 Å². The largest absolute Gasteiger partial charge is 0.379 e. The molecule has 2 aliphatic carbocycles. The van der Waals surface area contributed by atoms with Crippen LogP contribution in [-0.4, -0.2) is 61.6 Å². The first-order chi connectivity index (χ1) is 18.1. The third kappa shape index (κ3) is 3.99. The predicted molar refractivity (Wildman–Crippen MR) is 145 cm³/mol. The molecule has 2 saturated carbocycles. The molecule has 1 saturated heterocycles. The van der Waals surface area contributed by atoms with E-state index in [4.69, 9.17) is 14.8 Å². The van der Waals surface area contributed by atoms with Gasteiger partial charge in [-0.2, -0.15) is 5.10 Å². The fourth-order valence-electron chi connectivity index (χ4n) is 6.98. The third-order valence-electron chi connectivity index (χ3n) is 8.97. The Morgan fingerprint density at radius 3 is 2.51 bits per heavy atom. The quantitative estimate of drug-likeness (QED) is 0.362. The van der Waals surface area contributed by atoms with Crippen LogP contribution in [0, 0.1) is 11.8 Å². The van der Waals surface area contributed by atoms with Crippen LogP contribution in [0.3, 0.4) is 0 Å². The molecule has 0 bridgehead atoms. The molecule has 7 heteroatoms. The highest BCUT2D eigenvalue weighted by Gasteiger charge is 2.58. The third-order valence-corrected chi connectivity index (χ3v) is 8.97. The van der Waals surface area contributed by atoms with E-state index in [9.17, 15) is 0 Å². The number of hydrogen-bond donors (Lipinski definition) is 0. The molecule has 7 nitrogen and oxygen atoms in total. The van der Waals surface area contributed by atoms with Gasteiger partial charge in [-0.05, 0) is 75.8 Å². The lowest BCUT2D eigenvalue weighted by Gasteiger charge is -2.33. The van der Waals surface area contributed by atoms with Crippen LogP contribution in [-0.2, 0) is 4.74 Å². The number of morpholine rings is 1. The van der Waals surface area contributed by atoms with Gasteiger partial charge >= 0.3 is 0 Å². The number of fused-ring (bicyclic) bond motifs is 2. The minimum absolute atomic E-state index is 0.129. The highest BCUT2D eigenvalue weighted by Crippen LogP contribution is 2.64. The van der Waals surface area contributed by atoms with Gasteiger partial charge in [-0.3, -0.25) is 19.5 Å². The van der Waals surface area contributed by atoms with Crippen LogP contribution in [0.5, 0.6) is 0 Å². The molecule has 0 radical (unpaired) electrons. The SMILES string of the molecule is CC(C)n1nc(-c2cnc3ccn([C@@H](C)c4ccccn4)c3c2)cc1C1[C@H]2CC(N3CCOCC3)C[C@@H]12. The monoisotopic (exact) mass is 496 g/mol. The van der Waals surface area contributed by atoms with Gasteiger partial charge in [0.1, 0.15) is 0 Å². The first kappa shape index (κ1) is 23.1. The van der Waals surface area contributed by atoms with E-state index in [1.165, 1.54) is 18.5 Å². The molecule has 4 aromatic heterocycles. The number of aromatic nitrogens is 5. The van der Waals surface area contributed by atoms with E-state index < -0.39 is 0 Å². The maximum atomic E-state index is 5.58. The van der Waals surface area contributed by atoms with Crippen molar-refractivity contribution in [2.45, 2.75) is 57.7 Å². The minimum atomic E-state index is 0.129. The minimum Gasteiger partial charge on any atom is -0.379 e. The van der Waals surface area contributed by atoms with Gasteiger partial charge < -0.3 is 9.30 Å². The first-order valence-corrected chi connectivity index (χ1v) is 13.9. The maximum Gasteiger partial charge on any atom is 0.0942 e. The summed E-state index contributed by atoms with van der Waals surface area (Å²) in [6.45, 7) is 10.7. The molecule has 0 N–H and O–H groups in total. The number of ether oxygens (including phenoxy) is 1. The second kappa shape index (κ2) is 9.07. The maximum absolute atomic E-state index is 5.58. The average Bonchev–Trinajstić information content (AvgIpc) is 3.36. The second-order valence-corrected chi connectivity index (χ2v) is 11.4. The Bertz CT molecular complexity index is 1390. The van der Waals surface area contributed by atoms with Gasteiger partial charge in [-0.1, -0.05) is 6.07 Å². The summed E-state index contributed by atoms with van der Waals surface area (Å²) >= 11 is 0. The van der Waals surface area contributed by atoms with Crippen molar-refractivity contribution < 1.29 is 4.74 Å². The zero-order valence-corrected chi connectivity index (χ0v) is 22.0. The van der Waals surface area contributed by atoms with E-state index in [1.807, 2.05) is 24.5 Å². The second-order valence-electron chi connectivity index (χ2n) is 11.4. The lowest BCUT2D eigenvalue weighted by Crippen LogP contribution is -2.43. The average molecular weight is 497 g/mol. The standard InChI is InChI=1S/C30H36N6O/c1-19(2)36-29(30-23-15-22(16-24(23)30)34-10-12-37-13-11-34)17-27(33-36)21-14-28-26(32-18-21)7-9-35(28)20(3)25-6-4-5-8-31-25/h4-9,14,17-20,22-24,30H,10-13,15-16H2,1-3H3/t20-,22?,23-,24+,30?/m0/s1. The lowest BCUT2D eigenvalue weighted by atomic mass is 10.0. The van der Waals surface area contributed by atoms with Crippen LogP contribution >= 0.6 is 0 Å². The van der Waals surface area contributed by atoms with E-state index in [-0.39, 0.29) is 6.04 Å². The normalized spacial score (nSPS) is 26.6. The van der Waals surface area contributed by atoms with Gasteiger partial charge in [0.05, 0.1) is 41.7 Å². The van der Waals surface area contributed by atoms with E-state index >= 15 is 0 Å². The Labute approximate surface area is 218 Å². The van der Waals surface area contributed by atoms with Crippen molar-refractivity contribution in [1.29, 1.82) is 0 Å². The number of hydrogen-bond acceptors (Lipinski definition) is 5. The Kier molecular flexibility index (Phi) is 5.66. The molecule has 5 heterocycles. The van der Waals surface area contributed by atoms with Crippen molar-refractivity contribution in [2.75, 3.05) is 26.3 Å². The lowest BCUT2D eigenvalue weighted by molar-refractivity contribution is 0.0151. The predicted octanol–water partition coefficient (Wildman–Crippen LogP) is 5.31. The molecule has 37 heavy (non-hydrogen) atoms. The molecule has 192 valence electrons. The molecule has 0 aromatic carbocycles. The molecule has 3 aliphatic rings. The molecule has 3 fully saturated rings. The van der Waals surface area contributed by atoms with E-state index in [1.54, 1.807) is 0 Å². The summed E-state index contributed by atoms with van der Waals surface area (Å²) in [7, 11) is 0. The summed E-state index contributed by atoms with van der Waals surface area (Å²) < 4.78 is 10.1. The molecule has 5 atom stereocenters. The van der Waals surface area contributed by atoms with Crippen molar-refractivity contribution in [3.8, 4) is 11.3 Å². The van der Waals surface area contributed by atoms with Crippen LogP contribution in [0.2, 0.25) is 0 Å². The Hall–Kier alpha value is -3.03. The number of rotatable bonds is 6. The van der Waals surface area contributed by atoms with E-state index in [0.29, 0.717) is 12.0 Å². The molecule has 2 unspecified atom stereocenters. The molecular weight excluding hydrogens is 460 g/mol. The first-order valence-electron chi connectivity index (χ1n) is 13.9. The Balaban J connectivity index is 1.17. The summed E-state index contributed by atoms with van der Waals surface area (Å²) in [4.78, 5) is 12.1. The van der Waals surface area contributed by atoms with Crippen LogP contribution in [0.15, 0.2) is 55.0 Å². The molecule has 0 spiro atoms. The molecule has 0 amide bonds. The topological polar surface area (TPSA) is 61.0 Å². The van der Waals surface area contributed by atoms with Gasteiger partial charge in [0.15, 0.2) is 0 Å². The highest BCUT2D eigenvalue weighted by molar-refractivity contribution is 5.81.